The molecule has 23 heavy (non-hydrogen) atoms. The van der Waals surface area contributed by atoms with Crippen molar-refractivity contribution in [2.24, 2.45) is 0 Å². The second-order valence-corrected chi connectivity index (χ2v) is 6.72. The molecule has 0 saturated heterocycles. The first-order valence-corrected chi connectivity index (χ1v) is 8.07. The van der Waals surface area contributed by atoms with Crippen LogP contribution < -0.4 is 5.32 Å². The van der Waals surface area contributed by atoms with Crippen molar-refractivity contribution in [2.45, 2.75) is 44.2 Å². The summed E-state index contributed by atoms with van der Waals surface area (Å²) in [6.07, 6.45) is 6.10. The lowest BCUT2D eigenvalue weighted by Gasteiger charge is -2.34. The van der Waals surface area contributed by atoms with Crippen LogP contribution in [0.3, 0.4) is 0 Å². The van der Waals surface area contributed by atoms with Crippen LogP contribution in [0.5, 0.6) is 0 Å². The molecular weight excluding hydrogens is 317 g/mol. The van der Waals surface area contributed by atoms with E-state index in [2.05, 4.69) is 15.3 Å². The van der Waals surface area contributed by atoms with Gasteiger partial charge in [-0.25, -0.2) is 9.37 Å². The summed E-state index contributed by atoms with van der Waals surface area (Å²) in [5, 5.41) is 13.9. The van der Waals surface area contributed by atoms with Crippen LogP contribution in [-0.2, 0) is 0 Å². The Morgan fingerprint density at radius 1 is 1.26 bits per heavy atom. The highest BCUT2D eigenvalue weighted by molar-refractivity contribution is 6.29. The van der Waals surface area contributed by atoms with E-state index in [1.807, 2.05) is 6.92 Å². The van der Waals surface area contributed by atoms with E-state index >= 15 is 0 Å². The summed E-state index contributed by atoms with van der Waals surface area (Å²) in [7, 11) is 0. The topological polar surface area (TPSA) is 58.0 Å². The molecule has 1 aliphatic carbocycles. The minimum Gasteiger partial charge on any atom is -0.390 e. The molecule has 4 nitrogen and oxygen atoms in total. The maximum absolute atomic E-state index is 13.1. The third kappa shape index (κ3) is 3.98. The van der Waals surface area contributed by atoms with E-state index in [4.69, 9.17) is 11.6 Å². The molecule has 0 spiro atoms. The standard InChI is InChI=1S/C17H19ClFN3O/c1-17(23)6-4-12(5-7-17)22-15-8-16(18)21-10-13(15)14-3-2-11(19)9-20-14/h2-3,8-10,12,23H,4-7H2,1H3,(H,21,22). The van der Waals surface area contributed by atoms with Crippen LogP contribution in [0.25, 0.3) is 11.3 Å². The van der Waals surface area contributed by atoms with Crippen LogP contribution in [0.1, 0.15) is 32.6 Å². The van der Waals surface area contributed by atoms with Gasteiger partial charge in [0.05, 0.1) is 17.5 Å². The van der Waals surface area contributed by atoms with Crippen LogP contribution in [-0.4, -0.2) is 26.7 Å². The largest absolute Gasteiger partial charge is 0.390 e. The zero-order chi connectivity index (χ0) is 16.4. The molecule has 2 N–H and O–H groups in total. The average molecular weight is 336 g/mol. The highest BCUT2D eigenvalue weighted by Crippen LogP contribution is 2.33. The maximum Gasteiger partial charge on any atom is 0.141 e. The first kappa shape index (κ1) is 16.1. The zero-order valence-electron chi connectivity index (χ0n) is 12.9. The van der Waals surface area contributed by atoms with Crippen molar-refractivity contribution in [1.82, 2.24) is 9.97 Å². The lowest BCUT2D eigenvalue weighted by atomic mass is 9.83. The Hall–Kier alpha value is -1.72. The molecule has 1 saturated carbocycles. The SMILES string of the molecule is CC1(O)CCC(Nc2cc(Cl)ncc2-c2ccc(F)cn2)CC1. The van der Waals surface area contributed by atoms with Crippen LogP contribution >= 0.6 is 11.6 Å². The summed E-state index contributed by atoms with van der Waals surface area (Å²) < 4.78 is 13.1. The van der Waals surface area contributed by atoms with Gasteiger partial charge in [-0.3, -0.25) is 4.98 Å². The van der Waals surface area contributed by atoms with E-state index < -0.39 is 5.60 Å². The fourth-order valence-corrected chi connectivity index (χ4v) is 3.05. The molecule has 0 aromatic carbocycles. The molecule has 0 bridgehead atoms. The molecular formula is C17H19ClFN3O. The van der Waals surface area contributed by atoms with Crippen LogP contribution in [0, 0.1) is 5.82 Å². The van der Waals surface area contributed by atoms with Gasteiger partial charge in [-0.2, -0.15) is 0 Å². The fraction of sp³-hybridized carbons (Fsp3) is 0.412. The number of rotatable bonds is 3. The predicted octanol–water partition coefficient (Wildman–Crippen LogP) is 4.04. The van der Waals surface area contributed by atoms with Gasteiger partial charge in [-0.1, -0.05) is 11.6 Å². The maximum atomic E-state index is 13.1. The van der Waals surface area contributed by atoms with Crippen LogP contribution in [0.15, 0.2) is 30.6 Å². The molecule has 3 rings (SSSR count). The highest BCUT2D eigenvalue weighted by atomic mass is 35.5. The molecule has 1 fully saturated rings. The summed E-state index contributed by atoms with van der Waals surface area (Å²) in [6.45, 7) is 1.88. The van der Waals surface area contributed by atoms with E-state index in [1.54, 1.807) is 18.3 Å². The number of hydrogen-bond donors (Lipinski definition) is 2. The fourth-order valence-electron chi connectivity index (χ4n) is 2.89. The summed E-state index contributed by atoms with van der Waals surface area (Å²) in [5.74, 6) is -0.375. The van der Waals surface area contributed by atoms with E-state index in [-0.39, 0.29) is 11.9 Å². The van der Waals surface area contributed by atoms with Gasteiger partial charge in [0.2, 0.25) is 0 Å². The van der Waals surface area contributed by atoms with E-state index in [9.17, 15) is 9.50 Å². The van der Waals surface area contributed by atoms with E-state index in [1.165, 1.54) is 12.3 Å². The number of aliphatic hydroxyl groups is 1. The van der Waals surface area contributed by atoms with Gasteiger partial charge in [0, 0.05) is 23.5 Å². The number of halogens is 2. The molecule has 0 radical (unpaired) electrons. The van der Waals surface area contributed by atoms with Gasteiger partial charge in [-0.15, -0.1) is 0 Å². The number of aromatic nitrogens is 2. The number of nitrogens with one attached hydrogen (secondary N) is 1. The molecule has 0 unspecified atom stereocenters. The normalized spacial score (nSPS) is 24.4. The molecule has 2 aromatic rings. The lowest BCUT2D eigenvalue weighted by Crippen LogP contribution is -2.35. The Bertz CT molecular complexity index is 681. The number of hydrogen-bond acceptors (Lipinski definition) is 4. The third-order valence-corrected chi connectivity index (χ3v) is 4.50. The Balaban J connectivity index is 1.84. The first-order valence-electron chi connectivity index (χ1n) is 7.69. The van der Waals surface area contributed by atoms with Gasteiger partial charge in [0.1, 0.15) is 11.0 Å². The third-order valence-electron chi connectivity index (χ3n) is 4.30. The smallest absolute Gasteiger partial charge is 0.141 e. The molecule has 0 amide bonds. The van der Waals surface area contributed by atoms with Crippen molar-refractivity contribution >= 4 is 17.3 Å². The second-order valence-electron chi connectivity index (χ2n) is 6.33. The quantitative estimate of drug-likeness (QED) is 0.831. The van der Waals surface area contributed by atoms with Gasteiger partial charge in [0.15, 0.2) is 0 Å². The van der Waals surface area contributed by atoms with E-state index in [0.29, 0.717) is 10.8 Å². The lowest BCUT2D eigenvalue weighted by molar-refractivity contribution is 0.0196. The second kappa shape index (κ2) is 6.42. The molecule has 2 heterocycles. The van der Waals surface area contributed by atoms with Crippen LogP contribution in [0.4, 0.5) is 10.1 Å². The van der Waals surface area contributed by atoms with Crippen molar-refractivity contribution in [2.75, 3.05) is 5.32 Å². The van der Waals surface area contributed by atoms with Crippen molar-refractivity contribution < 1.29 is 9.50 Å². The van der Waals surface area contributed by atoms with Gasteiger partial charge in [0.25, 0.3) is 0 Å². The number of pyridine rings is 2. The minimum atomic E-state index is -0.574. The van der Waals surface area contributed by atoms with Gasteiger partial charge in [-0.05, 0) is 50.8 Å². The zero-order valence-corrected chi connectivity index (χ0v) is 13.6. The molecule has 0 aliphatic heterocycles. The number of nitrogens with zero attached hydrogens (tertiary/aromatic N) is 2. The van der Waals surface area contributed by atoms with Crippen molar-refractivity contribution in [1.29, 1.82) is 0 Å². The van der Waals surface area contributed by atoms with Crippen molar-refractivity contribution in [3.63, 3.8) is 0 Å². The Morgan fingerprint density at radius 2 is 2.00 bits per heavy atom. The summed E-state index contributed by atoms with van der Waals surface area (Å²) in [6, 6.07) is 5.01. The molecule has 0 atom stereocenters. The Kier molecular flexibility index (Phi) is 4.50. The average Bonchev–Trinajstić information content (AvgIpc) is 2.51. The Morgan fingerprint density at radius 3 is 2.65 bits per heavy atom. The molecule has 2 aromatic heterocycles. The highest BCUT2D eigenvalue weighted by Gasteiger charge is 2.29. The van der Waals surface area contributed by atoms with Crippen molar-refractivity contribution in [3.8, 4) is 11.3 Å². The van der Waals surface area contributed by atoms with Crippen molar-refractivity contribution in [3.05, 3.63) is 41.6 Å². The number of anilines is 1. The monoisotopic (exact) mass is 335 g/mol. The predicted molar refractivity (Wildman–Crippen MR) is 88.9 cm³/mol. The van der Waals surface area contributed by atoms with Gasteiger partial charge >= 0.3 is 0 Å². The minimum absolute atomic E-state index is 0.257. The Labute approximate surface area is 139 Å². The van der Waals surface area contributed by atoms with Crippen LogP contribution in [0.2, 0.25) is 5.15 Å². The van der Waals surface area contributed by atoms with Gasteiger partial charge < -0.3 is 10.4 Å². The summed E-state index contributed by atoms with van der Waals surface area (Å²) in [5.41, 5.74) is 1.68. The molecule has 1 aliphatic rings. The summed E-state index contributed by atoms with van der Waals surface area (Å²) >= 11 is 6.02. The summed E-state index contributed by atoms with van der Waals surface area (Å²) in [4.78, 5) is 8.22. The molecule has 6 heteroatoms. The molecule has 122 valence electrons. The van der Waals surface area contributed by atoms with E-state index in [0.717, 1.165) is 36.9 Å². The first-order chi connectivity index (χ1) is 10.9.